The van der Waals surface area contributed by atoms with Crippen LogP contribution in [0.25, 0.3) is 0 Å². The Labute approximate surface area is 138 Å². The fourth-order valence-electron chi connectivity index (χ4n) is 3.06. The van der Waals surface area contributed by atoms with Gasteiger partial charge in [-0.15, -0.1) is 23.2 Å². The van der Waals surface area contributed by atoms with E-state index >= 15 is 0 Å². The summed E-state index contributed by atoms with van der Waals surface area (Å²) < 4.78 is 2.74. The zero-order chi connectivity index (χ0) is 14.4. The van der Waals surface area contributed by atoms with Crippen molar-refractivity contribution in [1.29, 1.82) is 0 Å². The average molecular weight is 385 g/mol. The minimum Gasteiger partial charge on any atom is -0.393 e. The van der Waals surface area contributed by atoms with E-state index < -0.39 is 31.4 Å². The van der Waals surface area contributed by atoms with E-state index in [9.17, 15) is 9.59 Å². The summed E-state index contributed by atoms with van der Waals surface area (Å²) in [6.45, 7) is 0. The molecule has 0 radical (unpaired) electrons. The summed E-state index contributed by atoms with van der Waals surface area (Å²) in [6.07, 6.45) is -0.400. The van der Waals surface area contributed by atoms with Crippen LogP contribution in [0.4, 0.5) is 0 Å². The molecule has 3 rings (SSSR count). The Morgan fingerprint density at radius 2 is 1.58 bits per heavy atom. The topological polar surface area (TPSA) is 43.4 Å². The number of halogens is 6. The van der Waals surface area contributed by atoms with E-state index in [1.807, 2.05) is 0 Å². The highest BCUT2D eigenvalue weighted by Gasteiger charge is 2.87. The molecule has 3 nitrogen and oxygen atoms in total. The predicted octanol–water partition coefficient (Wildman–Crippen LogP) is 3.68. The molecule has 0 N–H and O–H groups in total. The van der Waals surface area contributed by atoms with Crippen molar-refractivity contribution in [3.8, 4) is 0 Å². The highest BCUT2D eigenvalue weighted by atomic mass is 35.5. The van der Waals surface area contributed by atoms with Crippen LogP contribution in [0.3, 0.4) is 0 Å². The molecule has 1 aliphatic heterocycles. The minimum absolute atomic E-state index is 0.00592. The third kappa shape index (κ3) is 1.23. The third-order valence-electron chi connectivity index (χ3n) is 4.02. The summed E-state index contributed by atoms with van der Waals surface area (Å²) >= 11 is 37.5. The van der Waals surface area contributed by atoms with Gasteiger partial charge in [0.2, 0.25) is 0 Å². The molecular formula is C10H4Cl6O3. The van der Waals surface area contributed by atoms with Crippen LogP contribution in [0.1, 0.15) is 12.8 Å². The summed E-state index contributed by atoms with van der Waals surface area (Å²) in [5.74, 6) is -1.55. The van der Waals surface area contributed by atoms with Crippen molar-refractivity contribution in [2.75, 3.05) is 0 Å². The number of allylic oxidation sites excluding steroid dienone is 2. The quantitative estimate of drug-likeness (QED) is 0.363. The molecule has 0 unspecified atom stereocenters. The number of fused-ring (bicyclic) bond motifs is 3. The van der Waals surface area contributed by atoms with Crippen LogP contribution in [0.15, 0.2) is 10.1 Å². The van der Waals surface area contributed by atoms with Crippen molar-refractivity contribution in [2.45, 2.75) is 26.9 Å². The molecule has 3 atom stereocenters. The monoisotopic (exact) mass is 382 g/mol. The summed E-state index contributed by atoms with van der Waals surface area (Å²) in [5.41, 5.74) is -1.49. The molecule has 104 valence electrons. The van der Waals surface area contributed by atoms with Crippen molar-refractivity contribution in [1.82, 2.24) is 0 Å². The molecule has 0 aromatic carbocycles. The minimum atomic E-state index is -1.83. The maximum Gasteiger partial charge on any atom is 0.322 e. The zero-order valence-corrected chi connectivity index (χ0v) is 13.4. The molecule has 19 heavy (non-hydrogen) atoms. The van der Waals surface area contributed by atoms with Crippen molar-refractivity contribution < 1.29 is 14.3 Å². The number of carbonyl (C=O) groups excluding carboxylic acids is 2. The van der Waals surface area contributed by atoms with E-state index in [2.05, 4.69) is 4.74 Å². The van der Waals surface area contributed by atoms with Crippen molar-refractivity contribution in [3.63, 3.8) is 0 Å². The van der Waals surface area contributed by atoms with Crippen LogP contribution >= 0.6 is 69.6 Å². The van der Waals surface area contributed by atoms with E-state index in [1.165, 1.54) is 0 Å². The second-order valence-corrected chi connectivity index (χ2v) is 8.15. The van der Waals surface area contributed by atoms with Crippen LogP contribution in [0, 0.1) is 5.41 Å². The number of hydrogen-bond acceptors (Lipinski definition) is 3. The van der Waals surface area contributed by atoms with Gasteiger partial charge in [-0.25, -0.2) is 0 Å². The Kier molecular flexibility index (Phi) is 2.82. The lowest BCUT2D eigenvalue weighted by Crippen LogP contribution is -2.51. The van der Waals surface area contributed by atoms with Crippen molar-refractivity contribution >= 4 is 81.5 Å². The van der Waals surface area contributed by atoms with Gasteiger partial charge in [-0.2, -0.15) is 0 Å². The number of alkyl halides is 4. The standard InChI is InChI=1S/C10H4Cl6O3/c11-4-5(12)9(14)7(1-3(17)19-6(7)18)2-8(4,13)10(9,15)16/h1-2H2/t7-,8-,9-/m1/s1. The van der Waals surface area contributed by atoms with Crippen LogP contribution < -0.4 is 0 Å². The first-order chi connectivity index (χ1) is 8.54. The molecular weight excluding hydrogens is 381 g/mol. The van der Waals surface area contributed by atoms with Gasteiger partial charge < -0.3 is 4.74 Å². The first-order valence-electron chi connectivity index (χ1n) is 5.11. The third-order valence-corrected chi connectivity index (χ3v) is 8.34. The largest absolute Gasteiger partial charge is 0.393 e. The van der Waals surface area contributed by atoms with Crippen LogP contribution in [-0.4, -0.2) is 26.0 Å². The lowest BCUT2D eigenvalue weighted by atomic mass is 9.73. The van der Waals surface area contributed by atoms with Gasteiger partial charge in [-0.05, 0) is 6.42 Å². The predicted molar refractivity (Wildman–Crippen MR) is 73.1 cm³/mol. The molecule has 2 bridgehead atoms. The Balaban J connectivity index is 2.32. The number of carbonyl (C=O) groups is 2. The highest BCUT2D eigenvalue weighted by Crippen LogP contribution is 2.79. The van der Waals surface area contributed by atoms with Gasteiger partial charge in [0.05, 0.1) is 16.5 Å². The molecule has 0 aromatic heterocycles. The zero-order valence-electron chi connectivity index (χ0n) is 8.91. The van der Waals surface area contributed by atoms with E-state index in [4.69, 9.17) is 69.6 Å². The first kappa shape index (κ1) is 14.6. The number of ether oxygens (including phenoxy) is 1. The number of hydrogen-bond donors (Lipinski definition) is 0. The first-order valence-corrected chi connectivity index (χ1v) is 7.38. The second-order valence-electron chi connectivity index (χ2n) is 4.86. The molecule has 3 aliphatic rings. The number of rotatable bonds is 0. The fraction of sp³-hybridized carbons (Fsp3) is 0.600. The highest BCUT2D eigenvalue weighted by molar-refractivity contribution is 6.66. The van der Waals surface area contributed by atoms with Crippen molar-refractivity contribution in [2.24, 2.45) is 5.41 Å². The summed E-state index contributed by atoms with van der Waals surface area (Å²) in [5, 5.41) is -0.123. The van der Waals surface area contributed by atoms with Crippen LogP contribution in [0.2, 0.25) is 0 Å². The Hall–Kier alpha value is 0.620. The molecule has 1 heterocycles. The van der Waals surface area contributed by atoms with Gasteiger partial charge in [0.25, 0.3) is 0 Å². The lowest BCUT2D eigenvalue weighted by Gasteiger charge is -2.37. The lowest BCUT2D eigenvalue weighted by molar-refractivity contribution is -0.155. The number of cyclic esters (lactones) is 2. The van der Waals surface area contributed by atoms with E-state index in [1.54, 1.807) is 0 Å². The normalized spacial score (nSPS) is 47.5. The number of esters is 2. The Morgan fingerprint density at radius 1 is 1.00 bits per heavy atom. The van der Waals surface area contributed by atoms with E-state index in [0.29, 0.717) is 0 Å². The Morgan fingerprint density at radius 3 is 1.95 bits per heavy atom. The van der Waals surface area contributed by atoms with Crippen LogP contribution in [-0.2, 0) is 14.3 Å². The van der Waals surface area contributed by atoms with E-state index in [0.717, 1.165) is 0 Å². The maximum absolute atomic E-state index is 12.1. The van der Waals surface area contributed by atoms with Gasteiger partial charge in [0.15, 0.2) is 4.33 Å². The summed E-state index contributed by atoms with van der Waals surface area (Å²) in [4.78, 5) is 20.2. The van der Waals surface area contributed by atoms with Crippen LogP contribution in [0.5, 0.6) is 0 Å². The molecule has 1 saturated carbocycles. The molecule has 2 aliphatic carbocycles. The summed E-state index contributed by atoms with van der Waals surface area (Å²) in [7, 11) is 0. The molecule has 1 spiro atoms. The molecule has 0 aromatic rings. The van der Waals surface area contributed by atoms with Gasteiger partial charge in [0, 0.05) is 0 Å². The molecule has 9 heteroatoms. The molecule has 2 fully saturated rings. The Bertz CT molecular complexity index is 572. The smallest absolute Gasteiger partial charge is 0.322 e. The van der Waals surface area contributed by atoms with Gasteiger partial charge in [-0.1, -0.05) is 46.4 Å². The van der Waals surface area contributed by atoms with Gasteiger partial charge in [-0.3, -0.25) is 9.59 Å². The maximum atomic E-state index is 12.1. The van der Waals surface area contributed by atoms with Gasteiger partial charge >= 0.3 is 11.9 Å². The second kappa shape index (κ2) is 3.68. The SMILES string of the molecule is O=C1C[C@@]2(C[C@@]3(Cl)C(Cl)=C(Cl)[C@]2(Cl)C3(Cl)Cl)C(=O)O1. The molecule has 0 amide bonds. The average Bonchev–Trinajstić information content (AvgIpc) is 2.68. The fourth-order valence-corrected chi connectivity index (χ4v) is 6.04. The summed E-state index contributed by atoms with van der Waals surface area (Å²) in [6, 6.07) is 0. The van der Waals surface area contributed by atoms with Gasteiger partial charge in [0.1, 0.15) is 15.2 Å². The van der Waals surface area contributed by atoms with Crippen molar-refractivity contribution in [3.05, 3.63) is 10.1 Å². The molecule has 1 saturated heterocycles. The van der Waals surface area contributed by atoms with E-state index in [-0.39, 0.29) is 22.9 Å².